The van der Waals surface area contributed by atoms with Crippen LogP contribution in [0.2, 0.25) is 0 Å². The number of aromatic nitrogens is 1. The molecule has 28 heavy (non-hydrogen) atoms. The van der Waals surface area contributed by atoms with E-state index in [0.717, 1.165) is 24.8 Å². The number of Topliss-reactive ketones (excluding diaryl/α,β-unsaturated/α-hetero) is 1. The minimum atomic E-state index is -0.294. The fourth-order valence-electron chi connectivity index (χ4n) is 3.46. The third-order valence-corrected chi connectivity index (χ3v) is 5.10. The molecule has 2 atom stereocenters. The summed E-state index contributed by atoms with van der Waals surface area (Å²) in [7, 11) is 0. The summed E-state index contributed by atoms with van der Waals surface area (Å²) in [6.07, 6.45) is 3.72. The zero-order chi connectivity index (χ0) is 19.9. The molecule has 0 bridgehead atoms. The molecule has 1 amide bonds. The Labute approximate surface area is 164 Å². The van der Waals surface area contributed by atoms with Crippen molar-refractivity contribution in [3.8, 4) is 0 Å². The van der Waals surface area contributed by atoms with Crippen molar-refractivity contribution in [2.75, 3.05) is 0 Å². The summed E-state index contributed by atoms with van der Waals surface area (Å²) in [5.41, 5.74) is 7.52. The van der Waals surface area contributed by atoms with E-state index in [1.807, 2.05) is 54.6 Å². The van der Waals surface area contributed by atoms with Gasteiger partial charge < -0.3 is 10.2 Å². The first kappa shape index (κ1) is 19.8. The van der Waals surface area contributed by atoms with Crippen LogP contribution in [0.15, 0.2) is 59.0 Å². The average Bonchev–Trinajstić information content (AvgIpc) is 3.14. The highest BCUT2D eigenvalue weighted by atomic mass is 16.4. The van der Waals surface area contributed by atoms with E-state index in [0.29, 0.717) is 29.9 Å². The summed E-state index contributed by atoms with van der Waals surface area (Å²) in [6, 6.07) is 17.2. The quantitative estimate of drug-likeness (QED) is 0.510. The molecule has 0 aliphatic heterocycles. The average molecular weight is 378 g/mol. The number of carbonyl (C=O) groups excluding carboxylic acids is 2. The molecule has 0 saturated carbocycles. The molecular weight excluding hydrogens is 352 g/mol. The first-order chi connectivity index (χ1) is 13.5. The third kappa shape index (κ3) is 5.06. The number of para-hydroxylation sites is 2. The number of hydrogen-bond donors (Lipinski definition) is 1. The van der Waals surface area contributed by atoms with Gasteiger partial charge in [-0.1, -0.05) is 62.2 Å². The van der Waals surface area contributed by atoms with Gasteiger partial charge in [0, 0.05) is 6.42 Å². The minimum Gasteiger partial charge on any atom is -0.434 e. The molecule has 0 fully saturated rings. The first-order valence-corrected chi connectivity index (χ1v) is 9.77. The Morgan fingerprint density at radius 2 is 1.71 bits per heavy atom. The van der Waals surface area contributed by atoms with Gasteiger partial charge in [0.15, 0.2) is 5.58 Å². The third-order valence-electron chi connectivity index (χ3n) is 5.10. The molecule has 5 heteroatoms. The number of rotatable bonds is 10. The SMILES string of the molecule is CC(CCCC(C(=O)c1nc2ccccc2o1)c1ccccc1)CCC(N)=O. The van der Waals surface area contributed by atoms with Crippen molar-refractivity contribution in [2.45, 2.75) is 44.9 Å². The molecule has 2 N–H and O–H groups in total. The van der Waals surface area contributed by atoms with Gasteiger partial charge in [-0.25, -0.2) is 4.98 Å². The Balaban J connectivity index is 1.72. The molecule has 1 aromatic heterocycles. The van der Waals surface area contributed by atoms with E-state index >= 15 is 0 Å². The van der Waals surface area contributed by atoms with Gasteiger partial charge in [-0.3, -0.25) is 9.59 Å². The molecule has 0 aliphatic rings. The highest BCUT2D eigenvalue weighted by Gasteiger charge is 2.26. The molecule has 3 rings (SSSR count). The highest BCUT2D eigenvalue weighted by Crippen LogP contribution is 2.29. The number of benzene rings is 2. The Bertz CT molecular complexity index is 900. The van der Waals surface area contributed by atoms with Gasteiger partial charge in [0.2, 0.25) is 11.7 Å². The second-order valence-corrected chi connectivity index (χ2v) is 7.36. The molecule has 0 radical (unpaired) electrons. The fraction of sp³-hybridized carbons (Fsp3) is 0.348. The summed E-state index contributed by atoms with van der Waals surface area (Å²) in [6.45, 7) is 2.11. The normalized spacial score (nSPS) is 13.3. The maximum absolute atomic E-state index is 13.2. The van der Waals surface area contributed by atoms with Crippen LogP contribution in [0.3, 0.4) is 0 Å². The molecule has 0 spiro atoms. The van der Waals surface area contributed by atoms with Crippen LogP contribution >= 0.6 is 0 Å². The topological polar surface area (TPSA) is 86.2 Å². The molecule has 3 aromatic rings. The van der Waals surface area contributed by atoms with Crippen LogP contribution in [0.25, 0.3) is 11.1 Å². The van der Waals surface area contributed by atoms with Gasteiger partial charge in [-0.15, -0.1) is 0 Å². The van der Waals surface area contributed by atoms with Crippen LogP contribution < -0.4 is 5.73 Å². The van der Waals surface area contributed by atoms with E-state index in [9.17, 15) is 9.59 Å². The number of amides is 1. The zero-order valence-electron chi connectivity index (χ0n) is 16.1. The van der Waals surface area contributed by atoms with E-state index in [1.54, 1.807) is 0 Å². The fourth-order valence-corrected chi connectivity index (χ4v) is 3.46. The largest absolute Gasteiger partial charge is 0.434 e. The summed E-state index contributed by atoms with van der Waals surface area (Å²) >= 11 is 0. The van der Waals surface area contributed by atoms with E-state index in [1.165, 1.54) is 0 Å². The van der Waals surface area contributed by atoms with Crippen LogP contribution in [-0.2, 0) is 4.79 Å². The van der Waals surface area contributed by atoms with Gasteiger partial charge in [-0.05, 0) is 36.5 Å². The number of fused-ring (bicyclic) bond motifs is 1. The Hall–Kier alpha value is -2.95. The van der Waals surface area contributed by atoms with Gasteiger partial charge in [-0.2, -0.15) is 0 Å². The van der Waals surface area contributed by atoms with Crippen molar-refractivity contribution in [3.63, 3.8) is 0 Å². The molecule has 5 nitrogen and oxygen atoms in total. The lowest BCUT2D eigenvalue weighted by Gasteiger charge is -2.16. The van der Waals surface area contributed by atoms with Crippen LogP contribution in [0.4, 0.5) is 0 Å². The van der Waals surface area contributed by atoms with Crippen LogP contribution in [0.1, 0.15) is 61.2 Å². The van der Waals surface area contributed by atoms with Crippen molar-refractivity contribution in [2.24, 2.45) is 11.7 Å². The highest BCUT2D eigenvalue weighted by molar-refractivity contribution is 5.98. The Kier molecular flexibility index (Phi) is 6.58. The van der Waals surface area contributed by atoms with Crippen molar-refractivity contribution >= 4 is 22.8 Å². The second-order valence-electron chi connectivity index (χ2n) is 7.36. The molecule has 0 saturated heterocycles. The van der Waals surface area contributed by atoms with Crippen molar-refractivity contribution in [1.82, 2.24) is 4.98 Å². The number of primary amides is 1. The standard InChI is InChI=1S/C23H26N2O3/c1-16(14-15-21(24)26)8-7-11-18(17-9-3-2-4-10-17)22(27)23-25-19-12-5-6-13-20(19)28-23/h2-6,9-10,12-13,16,18H,7-8,11,14-15H2,1H3,(H2,24,26). The molecular formula is C23H26N2O3. The molecule has 2 unspecified atom stereocenters. The van der Waals surface area contributed by atoms with Crippen molar-refractivity contribution < 1.29 is 14.0 Å². The smallest absolute Gasteiger partial charge is 0.264 e. The predicted octanol–water partition coefficient (Wildman–Crippen LogP) is 4.87. The summed E-state index contributed by atoms with van der Waals surface area (Å²) in [5.74, 6) is -0.0925. The summed E-state index contributed by atoms with van der Waals surface area (Å²) in [4.78, 5) is 28.5. The molecule has 146 valence electrons. The summed E-state index contributed by atoms with van der Waals surface area (Å²) in [5, 5.41) is 0. The van der Waals surface area contributed by atoms with Crippen molar-refractivity contribution in [3.05, 3.63) is 66.1 Å². The zero-order valence-corrected chi connectivity index (χ0v) is 16.1. The number of nitrogens with zero attached hydrogens (tertiary/aromatic N) is 1. The maximum atomic E-state index is 13.2. The monoisotopic (exact) mass is 378 g/mol. The lowest BCUT2D eigenvalue weighted by molar-refractivity contribution is -0.118. The number of nitrogens with two attached hydrogens (primary N) is 1. The van der Waals surface area contributed by atoms with E-state index < -0.39 is 0 Å². The minimum absolute atomic E-state index is 0.0906. The lowest BCUT2D eigenvalue weighted by Crippen LogP contribution is -2.14. The van der Waals surface area contributed by atoms with Gasteiger partial charge >= 0.3 is 0 Å². The van der Waals surface area contributed by atoms with Crippen LogP contribution in [0, 0.1) is 5.92 Å². The molecule has 0 aliphatic carbocycles. The number of oxazole rings is 1. The van der Waals surface area contributed by atoms with E-state index in [-0.39, 0.29) is 23.5 Å². The van der Waals surface area contributed by atoms with Gasteiger partial charge in [0.05, 0.1) is 5.92 Å². The lowest BCUT2D eigenvalue weighted by atomic mass is 9.87. The number of carbonyl (C=O) groups is 2. The molecule has 1 heterocycles. The maximum Gasteiger partial charge on any atom is 0.264 e. The number of ketones is 1. The Morgan fingerprint density at radius 1 is 1.00 bits per heavy atom. The molecule has 2 aromatic carbocycles. The van der Waals surface area contributed by atoms with Crippen LogP contribution in [-0.4, -0.2) is 16.7 Å². The van der Waals surface area contributed by atoms with Crippen molar-refractivity contribution in [1.29, 1.82) is 0 Å². The van der Waals surface area contributed by atoms with Crippen LogP contribution in [0.5, 0.6) is 0 Å². The summed E-state index contributed by atoms with van der Waals surface area (Å²) < 4.78 is 5.71. The van der Waals surface area contributed by atoms with Gasteiger partial charge in [0.25, 0.3) is 5.89 Å². The first-order valence-electron chi connectivity index (χ1n) is 9.77. The predicted molar refractivity (Wildman–Crippen MR) is 109 cm³/mol. The van der Waals surface area contributed by atoms with Gasteiger partial charge in [0.1, 0.15) is 5.52 Å². The Morgan fingerprint density at radius 3 is 2.43 bits per heavy atom. The second kappa shape index (κ2) is 9.31. The van der Waals surface area contributed by atoms with E-state index in [2.05, 4.69) is 11.9 Å². The number of hydrogen-bond acceptors (Lipinski definition) is 4. The van der Waals surface area contributed by atoms with E-state index in [4.69, 9.17) is 10.2 Å².